The molecule has 152 valence electrons. The summed E-state index contributed by atoms with van der Waals surface area (Å²) in [6.45, 7) is 2.94. The van der Waals surface area contributed by atoms with Crippen LogP contribution in [0.2, 0.25) is 0 Å². The van der Waals surface area contributed by atoms with Crippen LogP contribution in [0.4, 0.5) is 0 Å². The first kappa shape index (κ1) is 19.3. The van der Waals surface area contributed by atoms with E-state index in [9.17, 15) is 13.2 Å². The van der Waals surface area contributed by atoms with Crippen molar-refractivity contribution in [1.82, 2.24) is 24.4 Å². The van der Waals surface area contributed by atoms with Gasteiger partial charge in [-0.2, -0.15) is 5.10 Å². The van der Waals surface area contributed by atoms with Crippen LogP contribution in [0.5, 0.6) is 0 Å². The van der Waals surface area contributed by atoms with Crippen LogP contribution in [0.15, 0.2) is 52.3 Å². The molecule has 1 N–H and O–H groups in total. The molecule has 4 rings (SSSR count). The lowest BCUT2D eigenvalue weighted by atomic mass is 10.00. The largest absolute Gasteiger partial charge is 0.465 e. The van der Waals surface area contributed by atoms with Gasteiger partial charge in [0.1, 0.15) is 30.7 Å². The fraction of sp³-hybridized carbons (Fsp3) is 0.316. The molecule has 0 spiro atoms. The molecule has 1 aliphatic heterocycles. The smallest absolute Gasteiger partial charge is 0.244 e. The molecule has 29 heavy (non-hydrogen) atoms. The predicted octanol–water partition coefficient (Wildman–Crippen LogP) is 1.24. The van der Waals surface area contributed by atoms with E-state index in [1.54, 1.807) is 36.1 Å². The molecule has 0 atom stereocenters. The molecule has 0 bridgehead atoms. The topological polar surface area (TPSA) is 110 Å². The van der Waals surface area contributed by atoms with Crippen molar-refractivity contribution in [2.45, 2.75) is 37.9 Å². The number of furan rings is 1. The SMILES string of the molecule is Cc1ccc(CNS(=O)(=O)c2ccc3c(c2)CN(C(=O)Cn2cncn2)CC3)o1. The second-order valence-electron chi connectivity index (χ2n) is 6.93. The molecule has 9 nitrogen and oxygen atoms in total. The Balaban J connectivity index is 1.47. The summed E-state index contributed by atoms with van der Waals surface area (Å²) in [6, 6.07) is 8.58. The van der Waals surface area contributed by atoms with E-state index in [1.807, 2.05) is 6.07 Å². The molecule has 1 amide bonds. The number of benzene rings is 1. The summed E-state index contributed by atoms with van der Waals surface area (Å²) in [6.07, 6.45) is 3.55. The lowest BCUT2D eigenvalue weighted by Gasteiger charge is -2.29. The maximum Gasteiger partial charge on any atom is 0.244 e. The second-order valence-corrected chi connectivity index (χ2v) is 8.69. The average Bonchev–Trinajstić information content (AvgIpc) is 3.37. The number of aromatic nitrogens is 3. The van der Waals surface area contributed by atoms with Gasteiger partial charge in [0.2, 0.25) is 15.9 Å². The molecule has 3 heterocycles. The summed E-state index contributed by atoms with van der Waals surface area (Å²) in [7, 11) is -3.70. The van der Waals surface area contributed by atoms with Gasteiger partial charge in [-0.1, -0.05) is 6.07 Å². The summed E-state index contributed by atoms with van der Waals surface area (Å²) < 4.78 is 34.8. The number of nitrogens with zero attached hydrogens (tertiary/aromatic N) is 4. The fourth-order valence-corrected chi connectivity index (χ4v) is 4.34. The molecule has 0 radical (unpaired) electrons. The maximum atomic E-state index is 12.7. The minimum Gasteiger partial charge on any atom is -0.465 e. The first-order valence-electron chi connectivity index (χ1n) is 9.18. The van der Waals surface area contributed by atoms with E-state index in [1.165, 1.54) is 17.3 Å². The Labute approximate surface area is 168 Å². The Morgan fingerprint density at radius 1 is 1.24 bits per heavy atom. The van der Waals surface area contributed by atoms with Crippen LogP contribution >= 0.6 is 0 Å². The first-order valence-corrected chi connectivity index (χ1v) is 10.7. The summed E-state index contributed by atoms with van der Waals surface area (Å²) in [5, 5.41) is 3.95. The summed E-state index contributed by atoms with van der Waals surface area (Å²) >= 11 is 0. The number of sulfonamides is 1. The highest BCUT2D eigenvalue weighted by Crippen LogP contribution is 2.23. The Bertz CT molecular complexity index is 1120. The van der Waals surface area contributed by atoms with Crippen molar-refractivity contribution >= 4 is 15.9 Å². The number of nitrogens with one attached hydrogen (secondary N) is 1. The Morgan fingerprint density at radius 3 is 2.83 bits per heavy atom. The van der Waals surface area contributed by atoms with Crippen LogP contribution in [0.1, 0.15) is 22.6 Å². The van der Waals surface area contributed by atoms with Crippen molar-refractivity contribution in [2.24, 2.45) is 0 Å². The molecule has 1 aromatic carbocycles. The third kappa shape index (κ3) is 4.38. The Kier molecular flexibility index (Phi) is 5.20. The van der Waals surface area contributed by atoms with Crippen molar-refractivity contribution in [3.05, 3.63) is 65.6 Å². The van der Waals surface area contributed by atoms with Crippen LogP contribution in [0.3, 0.4) is 0 Å². The monoisotopic (exact) mass is 415 g/mol. The third-order valence-electron chi connectivity index (χ3n) is 4.85. The quantitative estimate of drug-likeness (QED) is 0.649. The Morgan fingerprint density at radius 2 is 2.10 bits per heavy atom. The lowest BCUT2D eigenvalue weighted by molar-refractivity contribution is -0.133. The van der Waals surface area contributed by atoms with E-state index in [2.05, 4.69) is 14.8 Å². The van der Waals surface area contributed by atoms with Gasteiger partial charge in [0.15, 0.2) is 0 Å². The number of carbonyl (C=O) groups excluding carboxylic acids is 1. The summed E-state index contributed by atoms with van der Waals surface area (Å²) in [5.41, 5.74) is 1.88. The molecular formula is C19H21N5O4S. The van der Waals surface area contributed by atoms with Gasteiger partial charge < -0.3 is 9.32 Å². The van der Waals surface area contributed by atoms with E-state index in [0.717, 1.165) is 16.9 Å². The van der Waals surface area contributed by atoms with Crippen molar-refractivity contribution in [3.8, 4) is 0 Å². The summed E-state index contributed by atoms with van der Waals surface area (Å²) in [4.78, 5) is 18.2. The highest BCUT2D eigenvalue weighted by Gasteiger charge is 2.23. The predicted molar refractivity (Wildman–Crippen MR) is 103 cm³/mol. The summed E-state index contributed by atoms with van der Waals surface area (Å²) in [5.74, 6) is 1.19. The van der Waals surface area contributed by atoms with E-state index in [0.29, 0.717) is 25.3 Å². The highest BCUT2D eigenvalue weighted by molar-refractivity contribution is 7.89. The zero-order valence-electron chi connectivity index (χ0n) is 15.9. The van der Waals surface area contributed by atoms with Crippen molar-refractivity contribution < 1.29 is 17.6 Å². The van der Waals surface area contributed by atoms with Gasteiger partial charge in [-0.05, 0) is 48.7 Å². The van der Waals surface area contributed by atoms with Gasteiger partial charge in [0.25, 0.3) is 0 Å². The molecule has 0 aliphatic carbocycles. The number of carbonyl (C=O) groups is 1. The van der Waals surface area contributed by atoms with Gasteiger partial charge >= 0.3 is 0 Å². The van der Waals surface area contributed by atoms with Crippen LogP contribution in [0, 0.1) is 6.92 Å². The van der Waals surface area contributed by atoms with Gasteiger partial charge in [0, 0.05) is 13.1 Å². The van der Waals surface area contributed by atoms with Crippen LogP contribution in [0.25, 0.3) is 0 Å². The molecule has 1 aliphatic rings. The van der Waals surface area contributed by atoms with E-state index >= 15 is 0 Å². The normalized spacial score (nSPS) is 14.0. The van der Waals surface area contributed by atoms with Crippen LogP contribution in [-0.4, -0.2) is 40.5 Å². The number of rotatable bonds is 6. The van der Waals surface area contributed by atoms with E-state index in [-0.39, 0.29) is 23.9 Å². The average molecular weight is 415 g/mol. The van der Waals surface area contributed by atoms with Crippen molar-refractivity contribution in [1.29, 1.82) is 0 Å². The number of amides is 1. The number of aryl methyl sites for hydroxylation is 1. The fourth-order valence-electron chi connectivity index (χ4n) is 3.30. The molecule has 3 aromatic rings. The minimum absolute atomic E-state index is 0.0791. The standard InChI is InChI=1S/C19H21N5O4S/c1-14-2-4-17(28-14)9-22-29(26,27)18-5-3-15-6-7-23(10-16(15)8-18)19(25)11-24-13-20-12-21-24/h2-5,8,12-13,22H,6-7,9-11H2,1H3. The zero-order valence-corrected chi connectivity index (χ0v) is 16.7. The highest BCUT2D eigenvalue weighted by atomic mass is 32.2. The van der Waals surface area contributed by atoms with E-state index < -0.39 is 10.0 Å². The molecular weight excluding hydrogens is 394 g/mol. The first-order chi connectivity index (χ1) is 13.9. The van der Waals surface area contributed by atoms with Gasteiger partial charge in [0.05, 0.1) is 11.4 Å². The molecule has 0 fully saturated rings. The second kappa shape index (κ2) is 7.80. The lowest BCUT2D eigenvalue weighted by Crippen LogP contribution is -2.38. The number of hydrogen-bond acceptors (Lipinski definition) is 6. The molecule has 10 heteroatoms. The number of hydrogen-bond donors (Lipinski definition) is 1. The van der Waals surface area contributed by atoms with Gasteiger partial charge in [-0.3, -0.25) is 4.79 Å². The van der Waals surface area contributed by atoms with Crippen LogP contribution in [-0.2, 0) is 40.9 Å². The van der Waals surface area contributed by atoms with Gasteiger partial charge in [-0.15, -0.1) is 0 Å². The molecule has 0 unspecified atom stereocenters. The third-order valence-corrected chi connectivity index (χ3v) is 6.25. The van der Waals surface area contributed by atoms with Gasteiger partial charge in [-0.25, -0.2) is 22.8 Å². The molecule has 0 saturated carbocycles. The molecule has 0 saturated heterocycles. The van der Waals surface area contributed by atoms with Crippen molar-refractivity contribution in [2.75, 3.05) is 6.54 Å². The van der Waals surface area contributed by atoms with Crippen LogP contribution < -0.4 is 4.72 Å². The minimum atomic E-state index is -3.70. The maximum absolute atomic E-state index is 12.7. The number of fused-ring (bicyclic) bond motifs is 1. The zero-order chi connectivity index (χ0) is 20.4. The van der Waals surface area contributed by atoms with Crippen molar-refractivity contribution in [3.63, 3.8) is 0 Å². The van der Waals surface area contributed by atoms with E-state index in [4.69, 9.17) is 4.42 Å². The Hall–Kier alpha value is -2.98. The molecule has 2 aromatic heterocycles.